The molecule has 0 bridgehead atoms. The van der Waals surface area contributed by atoms with Crippen molar-refractivity contribution in [2.75, 3.05) is 0 Å². The largest absolute Gasteiger partial charge is 0.454 e. The molecule has 0 saturated carbocycles. The highest BCUT2D eigenvalue weighted by Crippen LogP contribution is 2.49. The van der Waals surface area contributed by atoms with Crippen molar-refractivity contribution >= 4 is 91.8 Å². The van der Waals surface area contributed by atoms with Crippen LogP contribution >= 0.6 is 11.3 Å². The van der Waals surface area contributed by atoms with Crippen LogP contribution in [0.2, 0.25) is 0 Å². The molecule has 148 valence electrons. The van der Waals surface area contributed by atoms with Gasteiger partial charge >= 0.3 is 0 Å². The van der Waals surface area contributed by atoms with Crippen molar-refractivity contribution in [1.82, 2.24) is 9.38 Å². The number of rotatable bonds is 0. The van der Waals surface area contributed by atoms with Crippen LogP contribution in [0, 0.1) is 0 Å². The van der Waals surface area contributed by atoms with E-state index in [0.29, 0.717) is 0 Å². The summed E-state index contributed by atoms with van der Waals surface area (Å²) in [5.41, 5.74) is 6.84. The summed E-state index contributed by atoms with van der Waals surface area (Å²) in [5.74, 6) is 0. The molecule has 9 aromatic rings. The Bertz CT molecular complexity index is 2200. The first-order valence-electron chi connectivity index (χ1n) is 10.8. The lowest BCUT2D eigenvalue weighted by atomic mass is 10.0. The second-order valence-corrected chi connectivity index (χ2v) is 9.63. The second-order valence-electron chi connectivity index (χ2n) is 8.63. The molecule has 0 fully saturated rings. The summed E-state index contributed by atoms with van der Waals surface area (Å²) in [5, 5.41) is 8.84. The highest BCUT2D eigenvalue weighted by molar-refractivity contribution is 7.26. The van der Waals surface area contributed by atoms with Crippen LogP contribution in [0.25, 0.3) is 80.5 Å². The Morgan fingerprint density at radius 3 is 2.44 bits per heavy atom. The van der Waals surface area contributed by atoms with Gasteiger partial charge in [-0.1, -0.05) is 42.5 Å². The lowest BCUT2D eigenvalue weighted by Crippen LogP contribution is -1.83. The van der Waals surface area contributed by atoms with Gasteiger partial charge in [0.1, 0.15) is 10.4 Å². The Morgan fingerprint density at radius 2 is 1.47 bits per heavy atom. The van der Waals surface area contributed by atoms with E-state index in [1.165, 1.54) is 69.3 Å². The van der Waals surface area contributed by atoms with Crippen LogP contribution in [-0.4, -0.2) is 9.38 Å². The maximum atomic E-state index is 6.45. The number of benzene rings is 4. The van der Waals surface area contributed by atoms with Crippen molar-refractivity contribution < 1.29 is 4.42 Å². The van der Waals surface area contributed by atoms with E-state index in [1.54, 1.807) is 0 Å². The Morgan fingerprint density at radius 1 is 0.656 bits per heavy atom. The van der Waals surface area contributed by atoms with Crippen molar-refractivity contribution in [2.24, 2.45) is 0 Å². The van der Waals surface area contributed by atoms with E-state index in [-0.39, 0.29) is 0 Å². The molecule has 4 heteroatoms. The van der Waals surface area contributed by atoms with E-state index in [0.717, 1.165) is 11.2 Å². The van der Waals surface area contributed by atoms with Gasteiger partial charge in [0, 0.05) is 38.0 Å². The lowest BCUT2D eigenvalue weighted by molar-refractivity contribution is 0.673. The highest BCUT2D eigenvalue weighted by atomic mass is 32.1. The lowest BCUT2D eigenvalue weighted by Gasteiger charge is -2.01. The third-order valence-electron chi connectivity index (χ3n) is 7.08. The van der Waals surface area contributed by atoms with Crippen molar-refractivity contribution in [1.29, 1.82) is 0 Å². The van der Waals surface area contributed by atoms with Gasteiger partial charge < -0.3 is 9.40 Å². The number of aromatic amines is 1. The Kier molecular flexibility index (Phi) is 2.49. The summed E-state index contributed by atoms with van der Waals surface area (Å²) in [4.78, 5) is 4.92. The normalized spacial score (nSPS) is 13.0. The zero-order valence-corrected chi connectivity index (χ0v) is 17.6. The van der Waals surface area contributed by atoms with Crippen molar-refractivity contribution in [3.63, 3.8) is 0 Å². The fourth-order valence-electron chi connectivity index (χ4n) is 5.83. The molecule has 0 amide bonds. The maximum Gasteiger partial charge on any atom is 0.156 e. The first-order valence-corrected chi connectivity index (χ1v) is 11.6. The average molecular weight is 427 g/mol. The minimum Gasteiger partial charge on any atom is -0.454 e. The number of H-pyrrole nitrogens is 1. The monoisotopic (exact) mass is 426 g/mol. The molecule has 3 nitrogen and oxygen atoms in total. The van der Waals surface area contributed by atoms with Gasteiger partial charge in [-0.2, -0.15) is 0 Å². The van der Waals surface area contributed by atoms with E-state index < -0.39 is 0 Å². The third kappa shape index (κ3) is 1.59. The highest BCUT2D eigenvalue weighted by Gasteiger charge is 2.24. The summed E-state index contributed by atoms with van der Waals surface area (Å²) in [6.07, 6.45) is 0. The van der Waals surface area contributed by atoms with E-state index in [2.05, 4.69) is 82.2 Å². The topological polar surface area (TPSA) is 33.3 Å². The summed E-state index contributed by atoms with van der Waals surface area (Å²) in [7, 11) is 0. The van der Waals surface area contributed by atoms with E-state index in [4.69, 9.17) is 4.42 Å². The molecule has 0 aliphatic rings. The molecule has 0 unspecified atom stereocenters. The van der Waals surface area contributed by atoms with Crippen molar-refractivity contribution in [3.8, 4) is 0 Å². The number of furan rings is 1. The molecule has 0 aliphatic carbocycles. The van der Waals surface area contributed by atoms with Crippen LogP contribution in [0.15, 0.2) is 83.3 Å². The van der Waals surface area contributed by atoms with Crippen molar-refractivity contribution in [2.45, 2.75) is 0 Å². The van der Waals surface area contributed by atoms with Gasteiger partial charge in [-0.15, -0.1) is 11.3 Å². The van der Waals surface area contributed by atoms with Crippen LogP contribution in [0.4, 0.5) is 0 Å². The van der Waals surface area contributed by atoms with Crippen LogP contribution in [0.1, 0.15) is 0 Å². The summed E-state index contributed by atoms with van der Waals surface area (Å²) < 4.78 is 10.2. The molecule has 5 heterocycles. The van der Waals surface area contributed by atoms with Gasteiger partial charge in [0.05, 0.1) is 21.1 Å². The molecule has 0 aliphatic heterocycles. The molecule has 5 aromatic heterocycles. The number of fused-ring (bicyclic) bond motifs is 10. The fraction of sp³-hybridized carbons (Fsp3) is 0. The SMILES string of the molecule is c1ccc2c(c1)oc1c2sc2c1c1ccc3[nH]c4cccc5c6ccccc6n2c1c3c45. The molecule has 1 N–H and O–H groups in total. The van der Waals surface area contributed by atoms with Crippen LogP contribution < -0.4 is 0 Å². The zero-order valence-electron chi connectivity index (χ0n) is 16.8. The molecule has 0 spiro atoms. The minimum atomic E-state index is 0.958. The van der Waals surface area contributed by atoms with E-state index >= 15 is 0 Å². The Labute approximate surface area is 184 Å². The first kappa shape index (κ1) is 15.7. The smallest absolute Gasteiger partial charge is 0.156 e. The molecule has 9 rings (SSSR count). The second kappa shape index (κ2) is 5.06. The number of aromatic nitrogens is 2. The number of hydrogen-bond acceptors (Lipinski definition) is 2. The standard InChI is InChI=1S/C28H14N2OS/c1-3-10-20-14(6-1)15-8-5-9-18-22(15)24-19(29-18)13-12-17-23-26-27(32-28(23)30(20)25(17)24)16-7-2-4-11-21(16)31-26/h1-13,29H. The predicted octanol–water partition coefficient (Wildman–Crippen LogP) is 8.43. The van der Waals surface area contributed by atoms with Crippen LogP contribution in [0.5, 0.6) is 0 Å². The number of nitrogens with one attached hydrogen (secondary N) is 1. The maximum absolute atomic E-state index is 6.45. The predicted molar refractivity (Wildman–Crippen MR) is 136 cm³/mol. The molecule has 0 radical (unpaired) electrons. The molecular weight excluding hydrogens is 412 g/mol. The molecule has 0 saturated heterocycles. The van der Waals surface area contributed by atoms with Gasteiger partial charge in [0.2, 0.25) is 0 Å². The summed E-state index contributed by atoms with van der Waals surface area (Å²) >= 11 is 1.84. The average Bonchev–Trinajstić information content (AvgIpc) is 3.53. The Hall–Kier alpha value is -4.02. The molecule has 32 heavy (non-hydrogen) atoms. The first-order chi connectivity index (χ1) is 15.9. The Balaban J connectivity index is 1.73. The van der Waals surface area contributed by atoms with Gasteiger partial charge in [0.15, 0.2) is 5.58 Å². The number of thiophene rings is 1. The van der Waals surface area contributed by atoms with Crippen LogP contribution in [-0.2, 0) is 0 Å². The zero-order chi connectivity index (χ0) is 20.6. The molecule has 4 aromatic carbocycles. The van der Waals surface area contributed by atoms with Gasteiger partial charge in [-0.05, 0) is 41.8 Å². The third-order valence-corrected chi connectivity index (χ3v) is 8.27. The molecular formula is C28H14N2OS. The number of hydrogen-bond donors (Lipinski definition) is 1. The summed E-state index contributed by atoms with van der Waals surface area (Å²) in [6, 6.07) is 28.2. The minimum absolute atomic E-state index is 0.958. The number of nitrogens with zero attached hydrogens (tertiary/aromatic N) is 1. The van der Waals surface area contributed by atoms with Gasteiger partial charge in [-0.3, -0.25) is 4.40 Å². The quantitative estimate of drug-likeness (QED) is 0.259. The van der Waals surface area contributed by atoms with Gasteiger partial charge in [-0.25, -0.2) is 0 Å². The van der Waals surface area contributed by atoms with E-state index in [9.17, 15) is 0 Å². The van der Waals surface area contributed by atoms with E-state index in [1.807, 2.05) is 17.4 Å². The summed E-state index contributed by atoms with van der Waals surface area (Å²) in [6.45, 7) is 0. The van der Waals surface area contributed by atoms with Crippen LogP contribution in [0.3, 0.4) is 0 Å². The van der Waals surface area contributed by atoms with Gasteiger partial charge in [0.25, 0.3) is 0 Å². The number of para-hydroxylation sites is 2. The molecule has 0 atom stereocenters. The van der Waals surface area contributed by atoms with Crippen molar-refractivity contribution in [3.05, 3.63) is 78.9 Å². The fourth-order valence-corrected chi connectivity index (χ4v) is 7.13.